The number of fused-ring (bicyclic) bond motifs is 2. The molecule has 0 bridgehead atoms. The standard InChI is InChI=1S/C22H25FN4O2/c23-17-5-6-19-20(11-17)26-21(25-19)7-8-22(29)24-12-18(28)14-27-10-9-15-3-1-2-4-16(15)13-27/h1-6,11,18,28H,7-10,12-14H2,(H,24,29)(H,25,26)/t18-/m0/s1. The Bertz CT molecular complexity index is 1000. The molecule has 0 radical (unpaired) electrons. The quantitative estimate of drug-likeness (QED) is 0.572. The van der Waals surface area contributed by atoms with Gasteiger partial charge in [0.1, 0.15) is 11.6 Å². The number of H-pyrrole nitrogens is 1. The molecule has 1 aliphatic heterocycles. The van der Waals surface area contributed by atoms with Crippen LogP contribution >= 0.6 is 0 Å². The number of carbonyl (C=O) groups excluding carboxylic acids is 1. The lowest BCUT2D eigenvalue weighted by Gasteiger charge is -2.30. The molecule has 0 spiro atoms. The number of rotatable bonds is 7. The maximum atomic E-state index is 13.2. The predicted octanol–water partition coefficient (Wildman–Crippen LogP) is 2.17. The molecule has 0 aliphatic carbocycles. The largest absolute Gasteiger partial charge is 0.390 e. The third-order valence-corrected chi connectivity index (χ3v) is 5.30. The number of benzene rings is 2. The average Bonchev–Trinajstić information content (AvgIpc) is 3.12. The summed E-state index contributed by atoms with van der Waals surface area (Å²) in [6, 6.07) is 12.7. The van der Waals surface area contributed by atoms with E-state index >= 15 is 0 Å². The number of β-amino-alcohol motifs (C(OH)–C–C–N with tert-alkyl or cyclic N) is 1. The van der Waals surface area contributed by atoms with E-state index in [0.717, 1.165) is 19.5 Å². The highest BCUT2D eigenvalue weighted by molar-refractivity contribution is 5.77. The van der Waals surface area contributed by atoms with Gasteiger partial charge in [0.15, 0.2) is 0 Å². The van der Waals surface area contributed by atoms with Crippen LogP contribution in [0.1, 0.15) is 23.4 Å². The molecule has 0 saturated heterocycles. The fraction of sp³-hybridized carbons (Fsp3) is 0.364. The molecular formula is C22H25FN4O2. The SMILES string of the molecule is O=C(CCc1nc2ccc(F)cc2[nH]1)NC[C@H](O)CN1CCc2ccccc2C1. The number of halogens is 1. The van der Waals surface area contributed by atoms with Gasteiger partial charge in [-0.05, 0) is 35.7 Å². The molecule has 3 N–H and O–H groups in total. The lowest BCUT2D eigenvalue weighted by molar-refractivity contribution is -0.121. The molecule has 152 valence electrons. The molecule has 4 rings (SSSR count). The number of aromatic amines is 1. The second-order valence-electron chi connectivity index (χ2n) is 7.56. The number of aliphatic hydroxyl groups is 1. The summed E-state index contributed by atoms with van der Waals surface area (Å²) in [4.78, 5) is 21.7. The van der Waals surface area contributed by atoms with Gasteiger partial charge in [0.2, 0.25) is 5.91 Å². The van der Waals surface area contributed by atoms with Crippen LogP contribution in [-0.4, -0.2) is 51.6 Å². The van der Waals surface area contributed by atoms with E-state index in [0.29, 0.717) is 29.8 Å². The second-order valence-corrected chi connectivity index (χ2v) is 7.56. The van der Waals surface area contributed by atoms with Crippen LogP contribution in [0.5, 0.6) is 0 Å². The van der Waals surface area contributed by atoms with Gasteiger partial charge in [-0.2, -0.15) is 0 Å². The van der Waals surface area contributed by atoms with Crippen molar-refractivity contribution in [1.29, 1.82) is 0 Å². The van der Waals surface area contributed by atoms with Crippen molar-refractivity contribution in [2.24, 2.45) is 0 Å². The monoisotopic (exact) mass is 396 g/mol. The van der Waals surface area contributed by atoms with Crippen LogP contribution in [0.2, 0.25) is 0 Å². The van der Waals surface area contributed by atoms with Crippen LogP contribution in [0, 0.1) is 5.82 Å². The van der Waals surface area contributed by atoms with Gasteiger partial charge in [0, 0.05) is 39.0 Å². The molecule has 1 aromatic heterocycles. The van der Waals surface area contributed by atoms with E-state index in [1.807, 2.05) is 6.07 Å². The minimum absolute atomic E-state index is 0.139. The molecule has 7 heteroatoms. The minimum Gasteiger partial charge on any atom is -0.390 e. The maximum absolute atomic E-state index is 13.2. The summed E-state index contributed by atoms with van der Waals surface area (Å²) >= 11 is 0. The van der Waals surface area contributed by atoms with Crippen molar-refractivity contribution in [3.05, 3.63) is 65.2 Å². The van der Waals surface area contributed by atoms with Crippen LogP contribution in [0.15, 0.2) is 42.5 Å². The van der Waals surface area contributed by atoms with Crippen LogP contribution < -0.4 is 5.32 Å². The fourth-order valence-electron chi connectivity index (χ4n) is 3.78. The Morgan fingerprint density at radius 3 is 2.97 bits per heavy atom. The molecule has 0 fully saturated rings. The predicted molar refractivity (Wildman–Crippen MR) is 109 cm³/mol. The van der Waals surface area contributed by atoms with Gasteiger partial charge in [-0.3, -0.25) is 9.69 Å². The third kappa shape index (κ3) is 4.99. The third-order valence-electron chi connectivity index (χ3n) is 5.30. The molecule has 29 heavy (non-hydrogen) atoms. The Morgan fingerprint density at radius 2 is 2.10 bits per heavy atom. The minimum atomic E-state index is -0.613. The molecular weight excluding hydrogens is 371 g/mol. The highest BCUT2D eigenvalue weighted by atomic mass is 19.1. The lowest BCUT2D eigenvalue weighted by atomic mass is 10.00. The number of amides is 1. The summed E-state index contributed by atoms with van der Waals surface area (Å²) in [7, 11) is 0. The van der Waals surface area contributed by atoms with Crippen molar-refractivity contribution in [1.82, 2.24) is 20.2 Å². The van der Waals surface area contributed by atoms with Gasteiger partial charge in [0.25, 0.3) is 0 Å². The van der Waals surface area contributed by atoms with E-state index in [-0.39, 0.29) is 24.7 Å². The Labute approximate surface area is 168 Å². The van der Waals surface area contributed by atoms with Gasteiger partial charge < -0.3 is 15.4 Å². The number of aromatic nitrogens is 2. The zero-order chi connectivity index (χ0) is 20.2. The van der Waals surface area contributed by atoms with E-state index in [4.69, 9.17) is 0 Å². The Morgan fingerprint density at radius 1 is 1.28 bits per heavy atom. The van der Waals surface area contributed by atoms with Gasteiger partial charge in [-0.15, -0.1) is 0 Å². The molecule has 0 saturated carbocycles. The number of aryl methyl sites for hydroxylation is 1. The smallest absolute Gasteiger partial charge is 0.220 e. The average molecular weight is 396 g/mol. The van der Waals surface area contributed by atoms with Crippen LogP contribution in [0.4, 0.5) is 4.39 Å². The van der Waals surface area contributed by atoms with Gasteiger partial charge in [-0.1, -0.05) is 24.3 Å². The Hall–Kier alpha value is -2.77. The Kier molecular flexibility index (Phi) is 5.87. The van der Waals surface area contributed by atoms with Gasteiger partial charge >= 0.3 is 0 Å². The summed E-state index contributed by atoms with van der Waals surface area (Å²) in [5.74, 6) is 0.185. The highest BCUT2D eigenvalue weighted by Crippen LogP contribution is 2.18. The summed E-state index contributed by atoms with van der Waals surface area (Å²) in [6.07, 6.45) is 1.06. The number of hydrogen-bond donors (Lipinski definition) is 3. The molecule has 0 unspecified atom stereocenters. The summed E-state index contributed by atoms with van der Waals surface area (Å²) in [5, 5.41) is 13.1. The zero-order valence-corrected chi connectivity index (χ0v) is 16.2. The number of nitrogens with zero attached hydrogens (tertiary/aromatic N) is 2. The molecule has 6 nitrogen and oxygen atoms in total. The van der Waals surface area contributed by atoms with Crippen molar-refractivity contribution in [3.8, 4) is 0 Å². The zero-order valence-electron chi connectivity index (χ0n) is 16.2. The summed E-state index contributed by atoms with van der Waals surface area (Å²) < 4.78 is 13.2. The highest BCUT2D eigenvalue weighted by Gasteiger charge is 2.18. The molecule has 1 aliphatic rings. The van der Waals surface area contributed by atoms with Crippen molar-refractivity contribution < 1.29 is 14.3 Å². The van der Waals surface area contributed by atoms with Crippen LogP contribution in [-0.2, 0) is 24.2 Å². The van der Waals surface area contributed by atoms with Crippen molar-refractivity contribution in [3.63, 3.8) is 0 Å². The first kappa shape index (κ1) is 19.5. The summed E-state index contributed by atoms with van der Waals surface area (Å²) in [6.45, 7) is 2.49. The Balaban J connectivity index is 1.20. The molecule has 3 aromatic rings. The van der Waals surface area contributed by atoms with Crippen molar-refractivity contribution in [2.45, 2.75) is 31.9 Å². The normalized spacial score (nSPS) is 15.2. The molecule has 1 amide bonds. The van der Waals surface area contributed by atoms with E-state index < -0.39 is 6.10 Å². The first-order chi connectivity index (χ1) is 14.1. The molecule has 2 aromatic carbocycles. The lowest BCUT2D eigenvalue weighted by Crippen LogP contribution is -2.42. The first-order valence-electron chi connectivity index (χ1n) is 9.95. The van der Waals surface area contributed by atoms with E-state index in [2.05, 4.69) is 38.4 Å². The van der Waals surface area contributed by atoms with E-state index in [1.165, 1.54) is 23.3 Å². The van der Waals surface area contributed by atoms with E-state index in [1.54, 1.807) is 6.07 Å². The number of nitrogens with one attached hydrogen (secondary N) is 2. The van der Waals surface area contributed by atoms with Crippen LogP contribution in [0.25, 0.3) is 11.0 Å². The van der Waals surface area contributed by atoms with Crippen LogP contribution in [0.3, 0.4) is 0 Å². The van der Waals surface area contributed by atoms with Crippen molar-refractivity contribution >= 4 is 16.9 Å². The number of hydrogen-bond acceptors (Lipinski definition) is 4. The summed E-state index contributed by atoms with van der Waals surface area (Å²) in [5.41, 5.74) is 3.99. The van der Waals surface area contributed by atoms with Crippen molar-refractivity contribution in [2.75, 3.05) is 19.6 Å². The number of carbonyl (C=O) groups is 1. The second kappa shape index (κ2) is 8.71. The first-order valence-corrected chi connectivity index (χ1v) is 9.95. The number of aliphatic hydroxyl groups excluding tert-OH is 1. The molecule has 2 heterocycles. The van der Waals surface area contributed by atoms with Gasteiger partial charge in [-0.25, -0.2) is 9.37 Å². The molecule has 1 atom stereocenters. The maximum Gasteiger partial charge on any atom is 0.220 e. The topological polar surface area (TPSA) is 81.2 Å². The van der Waals surface area contributed by atoms with Gasteiger partial charge in [0.05, 0.1) is 17.1 Å². The van der Waals surface area contributed by atoms with E-state index in [9.17, 15) is 14.3 Å². The number of imidazole rings is 1. The fourth-order valence-corrected chi connectivity index (χ4v) is 3.78.